The third-order valence-corrected chi connectivity index (χ3v) is 7.78. The van der Waals surface area contributed by atoms with Gasteiger partial charge >= 0.3 is 0 Å². The molecule has 7 heteroatoms. The number of hydrogen-bond donors (Lipinski definition) is 4. The lowest BCUT2D eigenvalue weighted by molar-refractivity contribution is 0.613. The van der Waals surface area contributed by atoms with E-state index in [0.717, 1.165) is 60.1 Å². The molecule has 0 unspecified atom stereocenters. The van der Waals surface area contributed by atoms with Gasteiger partial charge in [-0.1, -0.05) is 30.3 Å². The van der Waals surface area contributed by atoms with Crippen molar-refractivity contribution in [3.8, 4) is 33.6 Å². The van der Waals surface area contributed by atoms with Gasteiger partial charge in [0.2, 0.25) is 0 Å². The Morgan fingerprint density at radius 1 is 0.722 bits per heavy atom. The lowest BCUT2D eigenvalue weighted by Crippen LogP contribution is -2.14. The molecule has 0 spiro atoms. The molecule has 7 rings (SSSR count). The second-order valence-corrected chi connectivity index (χ2v) is 10.1. The van der Waals surface area contributed by atoms with Crippen molar-refractivity contribution < 1.29 is 0 Å². The fraction of sp³-hybridized carbons (Fsp3) is 0.310. The van der Waals surface area contributed by atoms with Crippen molar-refractivity contribution in [3.63, 3.8) is 0 Å². The van der Waals surface area contributed by atoms with E-state index >= 15 is 0 Å². The number of nitrogens with zero attached hydrogens (tertiary/aromatic N) is 3. The van der Waals surface area contributed by atoms with Crippen molar-refractivity contribution in [1.29, 1.82) is 0 Å². The van der Waals surface area contributed by atoms with Crippen LogP contribution < -0.4 is 10.6 Å². The van der Waals surface area contributed by atoms with Crippen LogP contribution in [-0.4, -0.2) is 37.6 Å². The van der Waals surface area contributed by atoms with Gasteiger partial charge in [-0.3, -0.25) is 0 Å². The van der Waals surface area contributed by atoms with Crippen molar-refractivity contribution in [2.24, 2.45) is 7.05 Å². The van der Waals surface area contributed by atoms with Crippen molar-refractivity contribution in [1.82, 2.24) is 35.1 Å². The largest absolute Gasteiger partial charge is 0.350 e. The first kappa shape index (κ1) is 21.6. The van der Waals surface area contributed by atoms with Crippen molar-refractivity contribution >= 4 is 10.9 Å². The third kappa shape index (κ3) is 3.67. The molecule has 3 aromatic heterocycles. The van der Waals surface area contributed by atoms with Crippen LogP contribution >= 0.6 is 0 Å². The third-order valence-electron chi connectivity index (χ3n) is 7.78. The monoisotopic (exact) mass is 477 g/mol. The van der Waals surface area contributed by atoms with E-state index in [2.05, 4.69) is 80.9 Å². The first-order valence-electron chi connectivity index (χ1n) is 13.0. The molecule has 0 amide bonds. The Morgan fingerprint density at radius 2 is 1.33 bits per heavy atom. The van der Waals surface area contributed by atoms with Gasteiger partial charge in [-0.25, -0.2) is 9.97 Å². The zero-order valence-electron chi connectivity index (χ0n) is 20.5. The standard InChI is InChI=1S/C29H31N7/c1-36-15-12-21-20(10-11-22(27(21)36)26-17-33-29(35-26)24-5-3-14-31-24)18-6-8-19(9-7-18)25-16-32-28(34-25)23-4-2-13-30-23/h6-12,15-17,23-24,30-31H,2-5,13-14H2,1H3,(H,32,34)(H,33,35)/t23-,24-/m0/s1. The molecule has 2 aromatic carbocycles. The molecule has 2 saturated heterocycles. The maximum atomic E-state index is 4.97. The molecular formula is C29H31N7. The van der Waals surface area contributed by atoms with Crippen LogP contribution in [0.2, 0.25) is 0 Å². The molecule has 2 aliphatic rings. The van der Waals surface area contributed by atoms with Gasteiger partial charge in [0.25, 0.3) is 0 Å². The van der Waals surface area contributed by atoms with E-state index in [0.29, 0.717) is 12.1 Å². The number of aryl methyl sites for hydroxylation is 1. The van der Waals surface area contributed by atoms with Crippen molar-refractivity contribution in [2.75, 3.05) is 13.1 Å². The van der Waals surface area contributed by atoms with Gasteiger partial charge in [0.15, 0.2) is 0 Å². The number of nitrogens with one attached hydrogen (secondary N) is 4. The maximum Gasteiger partial charge on any atom is 0.124 e. The summed E-state index contributed by atoms with van der Waals surface area (Å²) in [4.78, 5) is 16.6. The number of hydrogen-bond acceptors (Lipinski definition) is 4. The molecule has 36 heavy (non-hydrogen) atoms. The second-order valence-electron chi connectivity index (χ2n) is 10.1. The van der Waals surface area contributed by atoms with E-state index in [1.54, 1.807) is 0 Å². The molecule has 5 aromatic rings. The molecule has 2 fully saturated rings. The van der Waals surface area contributed by atoms with Gasteiger partial charge in [-0.15, -0.1) is 0 Å². The zero-order chi connectivity index (χ0) is 24.1. The van der Waals surface area contributed by atoms with E-state index in [-0.39, 0.29) is 0 Å². The summed E-state index contributed by atoms with van der Waals surface area (Å²) in [6, 6.07) is 16.1. The van der Waals surface area contributed by atoms with Crippen LogP contribution in [0.25, 0.3) is 44.5 Å². The molecule has 0 aliphatic carbocycles. The first-order valence-corrected chi connectivity index (χ1v) is 13.0. The number of benzene rings is 2. The lowest BCUT2D eigenvalue weighted by Gasteiger charge is -2.10. The maximum absolute atomic E-state index is 4.97. The molecule has 0 radical (unpaired) electrons. The lowest BCUT2D eigenvalue weighted by atomic mass is 9.97. The second kappa shape index (κ2) is 8.76. The van der Waals surface area contributed by atoms with Crippen LogP contribution in [0, 0.1) is 0 Å². The highest BCUT2D eigenvalue weighted by molar-refractivity contribution is 6.03. The molecule has 7 nitrogen and oxygen atoms in total. The Labute approximate surface area is 210 Å². The van der Waals surface area contributed by atoms with Crippen molar-refractivity contribution in [2.45, 2.75) is 37.8 Å². The fourth-order valence-electron chi connectivity index (χ4n) is 5.85. The molecule has 0 bridgehead atoms. The Morgan fingerprint density at radius 3 is 2.00 bits per heavy atom. The minimum absolute atomic E-state index is 0.334. The Kier molecular flexibility index (Phi) is 5.26. The summed E-state index contributed by atoms with van der Waals surface area (Å²) in [6.07, 6.45) is 10.9. The molecule has 5 heterocycles. The van der Waals surface area contributed by atoms with Crippen molar-refractivity contribution in [3.05, 3.63) is 72.7 Å². The van der Waals surface area contributed by atoms with Crippen LogP contribution in [0.3, 0.4) is 0 Å². The zero-order valence-corrected chi connectivity index (χ0v) is 20.5. The SMILES string of the molecule is Cn1ccc2c(-c3ccc(-c4c[nH]c([C@@H]5CCCN5)n4)cc3)ccc(-c3c[nH]c([C@@H]4CCCN4)n3)c21. The summed E-state index contributed by atoms with van der Waals surface area (Å²) >= 11 is 0. The molecule has 2 atom stereocenters. The summed E-state index contributed by atoms with van der Waals surface area (Å²) < 4.78 is 2.20. The average molecular weight is 478 g/mol. The molecule has 0 saturated carbocycles. The topological polar surface area (TPSA) is 86.3 Å². The number of H-pyrrole nitrogens is 2. The van der Waals surface area contributed by atoms with E-state index < -0.39 is 0 Å². The summed E-state index contributed by atoms with van der Waals surface area (Å²) in [5.74, 6) is 2.08. The van der Waals surface area contributed by atoms with Crippen LogP contribution in [-0.2, 0) is 7.05 Å². The van der Waals surface area contributed by atoms with Gasteiger partial charge in [-0.2, -0.15) is 0 Å². The number of fused-ring (bicyclic) bond motifs is 1. The molecular weight excluding hydrogens is 446 g/mol. The first-order chi connectivity index (χ1) is 17.7. The van der Waals surface area contributed by atoms with Crippen LogP contribution in [0.4, 0.5) is 0 Å². The Hall–Kier alpha value is -3.68. The van der Waals surface area contributed by atoms with E-state index in [4.69, 9.17) is 9.97 Å². The van der Waals surface area contributed by atoms with Gasteiger partial charge in [-0.05, 0) is 62.0 Å². The quantitative estimate of drug-likeness (QED) is 0.270. The summed E-state index contributed by atoms with van der Waals surface area (Å²) in [7, 11) is 2.11. The number of rotatable bonds is 5. The van der Waals surface area contributed by atoms with E-state index in [9.17, 15) is 0 Å². The van der Waals surface area contributed by atoms with E-state index in [1.165, 1.54) is 34.9 Å². The molecule has 2 aliphatic heterocycles. The Balaban J connectivity index is 1.21. The van der Waals surface area contributed by atoms with Crippen LogP contribution in [0.15, 0.2) is 61.1 Å². The van der Waals surface area contributed by atoms with E-state index in [1.807, 2.05) is 12.4 Å². The van der Waals surface area contributed by atoms with Gasteiger partial charge < -0.3 is 25.2 Å². The highest BCUT2D eigenvalue weighted by Crippen LogP contribution is 2.37. The highest BCUT2D eigenvalue weighted by Gasteiger charge is 2.21. The summed E-state index contributed by atoms with van der Waals surface area (Å²) in [5.41, 5.74) is 7.91. The Bertz CT molecular complexity index is 1510. The van der Waals surface area contributed by atoms with Gasteiger partial charge in [0.1, 0.15) is 11.6 Å². The smallest absolute Gasteiger partial charge is 0.124 e. The normalized spacial score (nSPS) is 20.0. The summed E-state index contributed by atoms with van der Waals surface area (Å²) in [6.45, 7) is 2.14. The molecule has 4 N–H and O–H groups in total. The molecule has 182 valence electrons. The number of imidazole rings is 2. The number of aromatic nitrogens is 5. The average Bonchev–Trinajstić information content (AvgIpc) is 3.74. The fourth-order valence-corrected chi connectivity index (χ4v) is 5.85. The number of aromatic amines is 2. The van der Waals surface area contributed by atoms with Gasteiger partial charge in [0, 0.05) is 42.2 Å². The minimum Gasteiger partial charge on any atom is -0.350 e. The highest BCUT2D eigenvalue weighted by atomic mass is 15.0. The van der Waals surface area contributed by atoms with Crippen LogP contribution in [0.5, 0.6) is 0 Å². The predicted octanol–water partition coefficient (Wildman–Crippen LogP) is 5.47. The van der Waals surface area contributed by atoms with Crippen LogP contribution in [0.1, 0.15) is 49.4 Å². The predicted molar refractivity (Wildman–Crippen MR) is 143 cm³/mol. The summed E-state index contributed by atoms with van der Waals surface area (Å²) in [5, 5.41) is 8.29. The van der Waals surface area contributed by atoms with Gasteiger partial charge in [0.05, 0.1) is 29.0 Å². The minimum atomic E-state index is 0.334.